The van der Waals surface area contributed by atoms with Crippen LogP contribution in [-0.4, -0.2) is 24.9 Å². The van der Waals surface area contributed by atoms with Gasteiger partial charge in [-0.1, -0.05) is 36.4 Å². The first-order chi connectivity index (χ1) is 10.6. The predicted octanol–water partition coefficient (Wildman–Crippen LogP) is 2.72. The lowest BCUT2D eigenvalue weighted by atomic mass is 10.0. The molecule has 22 heavy (non-hydrogen) atoms. The van der Waals surface area contributed by atoms with Crippen molar-refractivity contribution >= 4 is 11.5 Å². The van der Waals surface area contributed by atoms with Crippen LogP contribution in [-0.2, 0) is 9.47 Å². The lowest BCUT2D eigenvalue weighted by Crippen LogP contribution is -2.09. The number of methoxy groups -OCH3 is 2. The van der Waals surface area contributed by atoms with Gasteiger partial charge >= 0.3 is 5.69 Å². The van der Waals surface area contributed by atoms with Gasteiger partial charge in [0.05, 0.1) is 16.1 Å². The van der Waals surface area contributed by atoms with Crippen molar-refractivity contribution < 1.29 is 19.2 Å². The molecular weight excluding hydrogens is 286 g/mol. The van der Waals surface area contributed by atoms with Crippen molar-refractivity contribution in [2.24, 2.45) is 0 Å². The van der Waals surface area contributed by atoms with Gasteiger partial charge in [-0.3, -0.25) is 14.9 Å². The summed E-state index contributed by atoms with van der Waals surface area (Å²) in [5, 5.41) is 11.1. The van der Waals surface area contributed by atoms with Gasteiger partial charge < -0.3 is 9.47 Å². The third kappa shape index (κ3) is 3.11. The van der Waals surface area contributed by atoms with Gasteiger partial charge in [-0.15, -0.1) is 0 Å². The molecule has 2 rings (SSSR count). The van der Waals surface area contributed by atoms with Crippen molar-refractivity contribution in [2.75, 3.05) is 14.2 Å². The van der Waals surface area contributed by atoms with Crippen molar-refractivity contribution in [2.45, 2.75) is 6.29 Å². The molecule has 0 aliphatic heterocycles. The standard InChI is InChI=1S/C16H13NO5/c1-21-16(22-2)13-10-12(8-9-14(13)17(19)20)15(18)11-6-4-3-5-7-11/h3-7,10,16H,1-2H3. The summed E-state index contributed by atoms with van der Waals surface area (Å²) in [6, 6.07) is 14.8. The Morgan fingerprint density at radius 3 is 2.36 bits per heavy atom. The summed E-state index contributed by atoms with van der Waals surface area (Å²) in [6.45, 7) is 0. The van der Waals surface area contributed by atoms with Gasteiger partial charge in [0, 0.05) is 25.8 Å². The zero-order valence-electron chi connectivity index (χ0n) is 12.0. The zero-order chi connectivity index (χ0) is 16.1. The third-order valence-electron chi connectivity index (χ3n) is 3.03. The summed E-state index contributed by atoms with van der Waals surface area (Å²) < 4.78 is 10.1. The number of ketones is 1. The third-order valence-corrected chi connectivity index (χ3v) is 3.03. The summed E-state index contributed by atoms with van der Waals surface area (Å²) in [7, 11) is 2.71. The van der Waals surface area contributed by atoms with E-state index >= 15 is 0 Å². The highest BCUT2D eigenvalue weighted by Crippen LogP contribution is 2.27. The second-order valence-electron chi connectivity index (χ2n) is 4.37. The van der Waals surface area contributed by atoms with Gasteiger partial charge in [0.15, 0.2) is 6.29 Å². The Kier molecular flexibility index (Phi) is 4.84. The molecule has 0 fully saturated rings. The Hall–Kier alpha value is -2.75. The molecule has 0 bridgehead atoms. The number of carbonyl (C=O) groups is 1. The monoisotopic (exact) mass is 299 g/mol. The first-order valence-corrected chi connectivity index (χ1v) is 6.36. The van der Waals surface area contributed by atoms with E-state index in [0.717, 1.165) is 0 Å². The van der Waals surface area contributed by atoms with E-state index in [2.05, 4.69) is 12.1 Å². The van der Waals surface area contributed by atoms with Crippen molar-refractivity contribution in [3.05, 3.63) is 75.3 Å². The molecule has 0 N–H and O–H groups in total. The number of ether oxygens (including phenoxy) is 2. The number of hydrogen-bond donors (Lipinski definition) is 0. The number of benzene rings is 1. The lowest BCUT2D eigenvalue weighted by Gasteiger charge is -2.13. The van der Waals surface area contributed by atoms with Crippen LogP contribution in [0.1, 0.15) is 27.8 Å². The van der Waals surface area contributed by atoms with E-state index in [-0.39, 0.29) is 22.6 Å². The molecule has 2 aromatic carbocycles. The molecule has 0 aromatic heterocycles. The van der Waals surface area contributed by atoms with Crippen molar-refractivity contribution in [3.63, 3.8) is 0 Å². The first-order valence-electron chi connectivity index (χ1n) is 6.36. The summed E-state index contributed by atoms with van der Waals surface area (Å²) >= 11 is 0. The van der Waals surface area contributed by atoms with Crippen LogP contribution in [0.15, 0.2) is 36.4 Å². The maximum atomic E-state index is 12.4. The molecule has 0 spiro atoms. The largest absolute Gasteiger partial charge is 0.351 e. The number of carbonyl (C=O) groups excluding carboxylic acids is 1. The number of nitro groups is 1. The smallest absolute Gasteiger partial charge is 0.328 e. The van der Waals surface area contributed by atoms with Crippen LogP contribution in [0.5, 0.6) is 0 Å². The van der Waals surface area contributed by atoms with Gasteiger partial charge in [-0.2, -0.15) is 0 Å². The SMILES string of the molecule is COC(OC)c1cc(C(=O)c2ccccc2)c#cc1[N+](=O)[O-]. The average Bonchev–Trinajstić information content (AvgIpc) is 2.56. The molecule has 6 nitrogen and oxygen atoms in total. The van der Waals surface area contributed by atoms with Crippen LogP contribution in [0.25, 0.3) is 0 Å². The van der Waals surface area contributed by atoms with Crippen LogP contribution in [0, 0.1) is 22.2 Å². The lowest BCUT2D eigenvalue weighted by molar-refractivity contribution is -0.387. The number of nitrogens with zero attached hydrogens (tertiary/aromatic N) is 1. The molecule has 0 aliphatic carbocycles. The minimum atomic E-state index is -0.964. The number of hydrogen-bond acceptors (Lipinski definition) is 5. The molecule has 0 saturated heterocycles. The molecule has 112 valence electrons. The molecule has 0 radical (unpaired) electrons. The Morgan fingerprint density at radius 2 is 1.82 bits per heavy atom. The predicted molar refractivity (Wildman–Crippen MR) is 77.4 cm³/mol. The van der Waals surface area contributed by atoms with Gasteiger partial charge in [0.1, 0.15) is 0 Å². The van der Waals surface area contributed by atoms with Crippen molar-refractivity contribution in [1.82, 2.24) is 0 Å². The Morgan fingerprint density at radius 1 is 1.18 bits per heavy atom. The summed E-state index contributed by atoms with van der Waals surface area (Å²) in [6.07, 6.45) is -0.964. The fraction of sp³-hybridized carbons (Fsp3) is 0.188. The van der Waals surface area contributed by atoms with E-state index < -0.39 is 11.2 Å². The summed E-state index contributed by atoms with van der Waals surface area (Å²) in [4.78, 5) is 22.8. The van der Waals surface area contributed by atoms with E-state index in [9.17, 15) is 14.9 Å². The van der Waals surface area contributed by atoms with Crippen LogP contribution in [0.2, 0.25) is 0 Å². The Balaban J connectivity index is 2.49. The number of rotatable bonds is 6. The second-order valence-corrected chi connectivity index (χ2v) is 4.37. The molecular formula is C16H13NO5. The van der Waals surface area contributed by atoms with Crippen LogP contribution < -0.4 is 0 Å². The molecule has 0 saturated carbocycles. The van der Waals surface area contributed by atoms with E-state index in [0.29, 0.717) is 5.56 Å². The quantitative estimate of drug-likeness (QED) is 0.354. The van der Waals surface area contributed by atoms with Crippen molar-refractivity contribution in [3.8, 4) is 0 Å². The van der Waals surface area contributed by atoms with Crippen LogP contribution in [0.4, 0.5) is 5.69 Å². The average molecular weight is 299 g/mol. The second kappa shape index (κ2) is 6.80. The molecule has 0 amide bonds. The first kappa shape index (κ1) is 15.6. The highest BCUT2D eigenvalue weighted by atomic mass is 16.7. The molecule has 6 heteroatoms. The van der Waals surface area contributed by atoms with Crippen LogP contribution >= 0.6 is 0 Å². The highest BCUT2D eigenvalue weighted by Gasteiger charge is 2.24. The normalized spacial score (nSPS) is 10.3. The van der Waals surface area contributed by atoms with Gasteiger partial charge in [-0.25, -0.2) is 0 Å². The topological polar surface area (TPSA) is 78.7 Å². The minimum absolute atomic E-state index is 0.119. The fourth-order valence-electron chi connectivity index (χ4n) is 2.01. The molecule has 2 aromatic rings. The maximum absolute atomic E-state index is 12.4. The molecule has 0 atom stereocenters. The molecule has 0 unspecified atom stereocenters. The van der Waals surface area contributed by atoms with E-state index in [1.807, 2.05) is 0 Å². The van der Waals surface area contributed by atoms with E-state index in [1.54, 1.807) is 30.3 Å². The van der Waals surface area contributed by atoms with E-state index in [4.69, 9.17) is 9.47 Å². The van der Waals surface area contributed by atoms with Gasteiger partial charge in [-0.05, 0) is 6.07 Å². The summed E-state index contributed by atoms with van der Waals surface area (Å²) in [5.41, 5.74) is 0.399. The zero-order valence-corrected chi connectivity index (χ0v) is 12.0. The van der Waals surface area contributed by atoms with Crippen molar-refractivity contribution in [1.29, 1.82) is 0 Å². The maximum Gasteiger partial charge on any atom is 0.328 e. The summed E-state index contributed by atoms with van der Waals surface area (Å²) in [5.74, 6) is -0.307. The molecule has 0 heterocycles. The Bertz CT molecular complexity index is 680. The van der Waals surface area contributed by atoms with E-state index in [1.165, 1.54) is 20.3 Å². The van der Waals surface area contributed by atoms with Gasteiger partial charge in [0.25, 0.3) is 0 Å². The minimum Gasteiger partial charge on any atom is -0.351 e. The molecule has 0 aliphatic rings. The van der Waals surface area contributed by atoms with Gasteiger partial charge in [0.2, 0.25) is 5.78 Å². The van der Waals surface area contributed by atoms with Crippen LogP contribution in [0.3, 0.4) is 0 Å². The Labute approximate surface area is 127 Å². The fourth-order valence-corrected chi connectivity index (χ4v) is 2.01. The highest BCUT2D eigenvalue weighted by molar-refractivity contribution is 6.08.